The number of hydrogen-bond donors (Lipinski definition) is 1. The summed E-state index contributed by atoms with van der Waals surface area (Å²) in [6, 6.07) is -0.0513. The minimum atomic E-state index is -0.0513. The first kappa shape index (κ1) is 14.4. The molecule has 2 fully saturated rings. The maximum absolute atomic E-state index is 7.30. The molecule has 0 aromatic heterocycles. The minimum absolute atomic E-state index is 0.0513. The molecule has 1 N–H and O–H groups in total. The van der Waals surface area contributed by atoms with Crippen molar-refractivity contribution in [3.05, 3.63) is 36.0 Å². The van der Waals surface area contributed by atoms with Crippen LogP contribution in [0.2, 0.25) is 0 Å². The maximum atomic E-state index is 7.30. The van der Waals surface area contributed by atoms with Crippen molar-refractivity contribution in [2.75, 3.05) is 0 Å². The zero-order valence-electron chi connectivity index (χ0n) is 14.0. The second kappa shape index (κ2) is 4.66. The average molecular weight is 296 g/mol. The van der Waals surface area contributed by atoms with E-state index in [0.29, 0.717) is 5.41 Å². The van der Waals surface area contributed by atoms with E-state index in [2.05, 4.69) is 56.3 Å². The molecule has 4 aliphatic carbocycles. The number of hydrogen-bond acceptors (Lipinski definition) is 2. The fourth-order valence-corrected chi connectivity index (χ4v) is 6.11. The van der Waals surface area contributed by atoms with Crippen molar-refractivity contribution in [1.82, 2.24) is 0 Å². The summed E-state index contributed by atoms with van der Waals surface area (Å²) in [5.41, 5.74) is 9.41. The van der Waals surface area contributed by atoms with Gasteiger partial charge < -0.3 is 0 Å². The summed E-state index contributed by atoms with van der Waals surface area (Å²) >= 11 is 0. The standard InChI is InChI=1S/C20H28N2/c1-13-4-7-17-16-6-5-14-12-15(22-21)8-10-20(14,3)18(16)9-11-19(13,17)2/h5-6,8,10,12-13,15-18,21H,4,7,9,11H2,1-3H3/t13-,15?,16+,17+,18+,19-,20+/m1/s1. The van der Waals surface area contributed by atoms with Gasteiger partial charge in [0.1, 0.15) is 6.04 Å². The molecule has 0 saturated heterocycles. The fourth-order valence-electron chi connectivity index (χ4n) is 6.11. The third-order valence-electron chi connectivity index (χ3n) is 7.84. The van der Waals surface area contributed by atoms with Gasteiger partial charge in [0.15, 0.2) is 0 Å². The molecule has 0 aromatic carbocycles. The molecule has 2 nitrogen and oxygen atoms in total. The van der Waals surface area contributed by atoms with Crippen LogP contribution in [-0.4, -0.2) is 6.04 Å². The van der Waals surface area contributed by atoms with Crippen LogP contribution in [0.5, 0.6) is 0 Å². The molecule has 0 radical (unpaired) electrons. The molecule has 2 saturated carbocycles. The van der Waals surface area contributed by atoms with E-state index in [1.807, 2.05) is 0 Å². The highest BCUT2D eigenvalue weighted by atomic mass is 15.0. The summed E-state index contributed by atoms with van der Waals surface area (Å²) in [5.74, 6) is 3.21. The van der Waals surface area contributed by atoms with Gasteiger partial charge in [-0.25, -0.2) is 5.53 Å². The highest BCUT2D eigenvalue weighted by Gasteiger charge is 2.56. The first-order valence-corrected chi connectivity index (χ1v) is 8.95. The lowest BCUT2D eigenvalue weighted by Gasteiger charge is -2.55. The Labute approximate surface area is 134 Å². The van der Waals surface area contributed by atoms with Gasteiger partial charge in [-0.1, -0.05) is 51.2 Å². The van der Waals surface area contributed by atoms with Crippen LogP contribution in [0.1, 0.15) is 46.5 Å². The summed E-state index contributed by atoms with van der Waals surface area (Å²) in [5, 5.41) is 3.70. The highest BCUT2D eigenvalue weighted by molar-refractivity contribution is 5.42. The number of allylic oxidation sites excluding steroid dienone is 4. The van der Waals surface area contributed by atoms with Crippen LogP contribution in [-0.2, 0) is 0 Å². The van der Waals surface area contributed by atoms with E-state index in [9.17, 15) is 0 Å². The van der Waals surface area contributed by atoms with Crippen molar-refractivity contribution >= 4 is 0 Å². The monoisotopic (exact) mass is 296 g/mol. The van der Waals surface area contributed by atoms with Crippen LogP contribution in [0, 0.1) is 40.0 Å². The zero-order chi connectivity index (χ0) is 15.5. The highest BCUT2D eigenvalue weighted by Crippen LogP contribution is 2.64. The van der Waals surface area contributed by atoms with Crippen molar-refractivity contribution in [1.29, 1.82) is 5.53 Å². The topological polar surface area (TPSA) is 36.2 Å². The number of rotatable bonds is 1. The van der Waals surface area contributed by atoms with Gasteiger partial charge in [0.05, 0.1) is 0 Å². The number of nitrogens with zero attached hydrogens (tertiary/aromatic N) is 1. The van der Waals surface area contributed by atoms with Gasteiger partial charge in [0, 0.05) is 5.41 Å². The lowest BCUT2D eigenvalue weighted by molar-refractivity contribution is 0.00580. The third kappa shape index (κ3) is 1.73. The van der Waals surface area contributed by atoms with Crippen molar-refractivity contribution in [2.24, 2.45) is 39.6 Å². The summed E-state index contributed by atoms with van der Waals surface area (Å²) in [4.78, 5) is 0. The van der Waals surface area contributed by atoms with Crippen LogP contribution < -0.4 is 0 Å². The van der Waals surface area contributed by atoms with Gasteiger partial charge in [0.25, 0.3) is 0 Å². The van der Waals surface area contributed by atoms with E-state index in [-0.39, 0.29) is 11.5 Å². The number of nitrogens with one attached hydrogen (secondary N) is 1. The third-order valence-corrected chi connectivity index (χ3v) is 7.84. The van der Waals surface area contributed by atoms with Crippen molar-refractivity contribution in [3.63, 3.8) is 0 Å². The smallest absolute Gasteiger partial charge is 0.107 e. The minimum Gasteiger partial charge on any atom is -0.209 e. The van der Waals surface area contributed by atoms with E-state index in [4.69, 9.17) is 5.53 Å². The van der Waals surface area contributed by atoms with E-state index < -0.39 is 0 Å². The van der Waals surface area contributed by atoms with E-state index >= 15 is 0 Å². The Morgan fingerprint density at radius 1 is 1.14 bits per heavy atom. The molecule has 0 amide bonds. The molecule has 4 aliphatic rings. The molecule has 1 unspecified atom stereocenters. The molecule has 0 aliphatic heterocycles. The Bertz CT molecular complexity index is 587. The molecule has 0 bridgehead atoms. The predicted molar refractivity (Wildman–Crippen MR) is 89.6 cm³/mol. The Balaban J connectivity index is 1.74. The van der Waals surface area contributed by atoms with Gasteiger partial charge in [-0.3, -0.25) is 0 Å². The van der Waals surface area contributed by atoms with Gasteiger partial charge in [-0.05, 0) is 60.3 Å². The van der Waals surface area contributed by atoms with Crippen LogP contribution in [0.25, 0.3) is 0 Å². The van der Waals surface area contributed by atoms with Gasteiger partial charge in [-0.2, -0.15) is 5.11 Å². The quantitative estimate of drug-likeness (QED) is 0.487. The molecular formula is C20H28N2. The molecule has 4 rings (SSSR count). The Kier molecular flexibility index (Phi) is 3.05. The Morgan fingerprint density at radius 2 is 1.95 bits per heavy atom. The second-order valence-corrected chi connectivity index (χ2v) is 8.56. The largest absolute Gasteiger partial charge is 0.209 e. The van der Waals surface area contributed by atoms with Crippen LogP contribution in [0.4, 0.5) is 0 Å². The van der Waals surface area contributed by atoms with Gasteiger partial charge in [0.2, 0.25) is 0 Å². The maximum Gasteiger partial charge on any atom is 0.107 e. The summed E-state index contributed by atoms with van der Waals surface area (Å²) in [7, 11) is 0. The van der Waals surface area contributed by atoms with E-state index in [1.165, 1.54) is 31.3 Å². The molecule has 0 aromatic rings. The molecule has 22 heavy (non-hydrogen) atoms. The lowest BCUT2D eigenvalue weighted by Crippen LogP contribution is -2.47. The SMILES string of the molecule is C[C@@H]1CC[C@H]2[C@@H]3C=CC4=CC(N=N)C=C[C@]4(C)[C@H]3CC[C@]12C. The van der Waals surface area contributed by atoms with Crippen LogP contribution in [0.3, 0.4) is 0 Å². The molecular weight excluding hydrogens is 268 g/mol. The molecule has 2 heteroatoms. The molecule has 0 heterocycles. The number of fused-ring (bicyclic) bond motifs is 5. The van der Waals surface area contributed by atoms with E-state index in [1.54, 1.807) is 0 Å². The molecule has 0 spiro atoms. The lowest BCUT2D eigenvalue weighted by atomic mass is 9.49. The second-order valence-electron chi connectivity index (χ2n) is 8.56. The Hall–Kier alpha value is -1.18. The summed E-state index contributed by atoms with van der Waals surface area (Å²) < 4.78 is 0. The molecule has 118 valence electrons. The van der Waals surface area contributed by atoms with Crippen LogP contribution >= 0.6 is 0 Å². The fraction of sp³-hybridized carbons (Fsp3) is 0.700. The first-order chi connectivity index (χ1) is 10.5. The Morgan fingerprint density at radius 3 is 2.73 bits per heavy atom. The first-order valence-electron chi connectivity index (χ1n) is 8.95. The van der Waals surface area contributed by atoms with Crippen LogP contribution in [0.15, 0.2) is 41.1 Å². The van der Waals surface area contributed by atoms with Gasteiger partial charge in [-0.15, -0.1) is 0 Å². The normalized spacial score (nSPS) is 52.5. The van der Waals surface area contributed by atoms with Gasteiger partial charge >= 0.3 is 0 Å². The van der Waals surface area contributed by atoms with E-state index in [0.717, 1.165) is 23.7 Å². The van der Waals surface area contributed by atoms with Crippen molar-refractivity contribution in [2.45, 2.75) is 52.5 Å². The summed E-state index contributed by atoms with van der Waals surface area (Å²) in [6.45, 7) is 7.44. The van der Waals surface area contributed by atoms with Crippen molar-refractivity contribution in [3.8, 4) is 0 Å². The predicted octanol–water partition coefficient (Wildman–Crippen LogP) is 5.54. The summed E-state index contributed by atoms with van der Waals surface area (Å²) in [6.07, 6.45) is 17.1. The average Bonchev–Trinajstić information content (AvgIpc) is 2.82. The molecule has 7 atom stereocenters. The zero-order valence-corrected chi connectivity index (χ0v) is 14.0. The van der Waals surface area contributed by atoms with Crippen molar-refractivity contribution < 1.29 is 0 Å².